The summed E-state index contributed by atoms with van der Waals surface area (Å²) in [6.07, 6.45) is -1.13. The molecule has 5 heteroatoms. The van der Waals surface area contributed by atoms with Gasteiger partial charge in [-0.05, 0) is 11.6 Å². The third-order valence-electron chi connectivity index (χ3n) is 3.32. The lowest BCUT2D eigenvalue weighted by Crippen LogP contribution is -2.28. The van der Waals surface area contributed by atoms with E-state index in [1.165, 1.54) is 11.0 Å². The van der Waals surface area contributed by atoms with Crippen LogP contribution in [0.25, 0.3) is 0 Å². The lowest BCUT2D eigenvalue weighted by molar-refractivity contribution is 0.133. The SMILES string of the molecule is O=C1OC(c2ccccc2)C(=S)N1Cc1ccccc1F. The molecule has 0 radical (unpaired) electrons. The van der Waals surface area contributed by atoms with Gasteiger partial charge in [-0.3, -0.25) is 4.90 Å². The Morgan fingerprint density at radius 3 is 2.48 bits per heavy atom. The Morgan fingerprint density at radius 2 is 1.76 bits per heavy atom. The summed E-state index contributed by atoms with van der Waals surface area (Å²) in [6.45, 7) is 0.0771. The summed E-state index contributed by atoms with van der Waals surface area (Å²) in [5.74, 6) is -0.365. The lowest BCUT2D eigenvalue weighted by Gasteiger charge is -2.14. The molecule has 0 saturated carbocycles. The number of amides is 1. The number of rotatable bonds is 3. The van der Waals surface area contributed by atoms with Crippen LogP contribution in [0.5, 0.6) is 0 Å². The number of halogens is 1. The fourth-order valence-electron chi connectivity index (χ4n) is 2.22. The summed E-state index contributed by atoms with van der Waals surface area (Å²) in [5, 5.41) is 0. The highest BCUT2D eigenvalue weighted by atomic mass is 32.1. The van der Waals surface area contributed by atoms with Crippen LogP contribution >= 0.6 is 12.2 Å². The van der Waals surface area contributed by atoms with Crippen molar-refractivity contribution in [1.82, 2.24) is 4.90 Å². The molecule has 2 aromatic carbocycles. The van der Waals surface area contributed by atoms with E-state index in [-0.39, 0.29) is 12.4 Å². The van der Waals surface area contributed by atoms with Crippen LogP contribution in [0.3, 0.4) is 0 Å². The van der Waals surface area contributed by atoms with Gasteiger partial charge in [0, 0.05) is 5.56 Å². The maximum absolute atomic E-state index is 13.7. The molecule has 1 heterocycles. The van der Waals surface area contributed by atoms with Crippen LogP contribution in [0.2, 0.25) is 0 Å². The van der Waals surface area contributed by atoms with Gasteiger partial charge in [0.15, 0.2) is 6.10 Å². The molecular formula is C16H12FNO2S. The number of nitrogens with zero attached hydrogens (tertiary/aromatic N) is 1. The van der Waals surface area contributed by atoms with Gasteiger partial charge in [-0.25, -0.2) is 9.18 Å². The topological polar surface area (TPSA) is 29.5 Å². The quantitative estimate of drug-likeness (QED) is 0.807. The van der Waals surface area contributed by atoms with Crippen LogP contribution in [0.1, 0.15) is 17.2 Å². The molecule has 2 aromatic rings. The average molecular weight is 301 g/mol. The molecule has 0 N–H and O–H groups in total. The molecule has 3 nitrogen and oxygen atoms in total. The van der Waals surface area contributed by atoms with Crippen molar-refractivity contribution in [3.8, 4) is 0 Å². The van der Waals surface area contributed by atoms with E-state index in [2.05, 4.69) is 0 Å². The Kier molecular flexibility index (Phi) is 3.66. The van der Waals surface area contributed by atoms with Crippen molar-refractivity contribution in [2.45, 2.75) is 12.6 Å². The number of hydrogen-bond acceptors (Lipinski definition) is 3. The third kappa shape index (κ3) is 2.64. The Labute approximate surface area is 127 Å². The molecule has 0 bridgehead atoms. The van der Waals surface area contributed by atoms with Gasteiger partial charge >= 0.3 is 6.09 Å². The Hall–Kier alpha value is -2.27. The van der Waals surface area contributed by atoms with Crippen molar-refractivity contribution in [3.63, 3.8) is 0 Å². The third-order valence-corrected chi connectivity index (χ3v) is 3.75. The van der Waals surface area contributed by atoms with E-state index in [0.717, 1.165) is 5.56 Å². The molecule has 0 spiro atoms. The highest BCUT2D eigenvalue weighted by Gasteiger charge is 2.38. The molecule has 1 amide bonds. The molecule has 0 aliphatic carbocycles. The number of carbonyl (C=O) groups excluding carboxylic acids is 1. The Morgan fingerprint density at radius 1 is 1.10 bits per heavy atom. The second-order valence-corrected chi connectivity index (χ2v) is 5.11. The van der Waals surface area contributed by atoms with Crippen molar-refractivity contribution in [2.75, 3.05) is 0 Å². The zero-order valence-corrected chi connectivity index (χ0v) is 11.8. The highest BCUT2D eigenvalue weighted by Crippen LogP contribution is 2.30. The van der Waals surface area contributed by atoms with Gasteiger partial charge in [0.2, 0.25) is 0 Å². The van der Waals surface area contributed by atoms with Crippen molar-refractivity contribution >= 4 is 23.3 Å². The standard InChI is InChI=1S/C16H12FNO2S/c17-13-9-5-4-8-12(13)10-18-15(21)14(20-16(18)19)11-6-2-1-3-7-11/h1-9,14H,10H2. The summed E-state index contributed by atoms with van der Waals surface area (Å²) in [4.78, 5) is 13.6. The minimum Gasteiger partial charge on any atom is -0.433 e. The smallest absolute Gasteiger partial charge is 0.416 e. The molecular weight excluding hydrogens is 289 g/mol. The maximum Gasteiger partial charge on any atom is 0.416 e. The average Bonchev–Trinajstić information content (AvgIpc) is 2.78. The first kappa shape index (κ1) is 13.7. The largest absolute Gasteiger partial charge is 0.433 e. The lowest BCUT2D eigenvalue weighted by atomic mass is 10.1. The van der Waals surface area contributed by atoms with Crippen LogP contribution < -0.4 is 0 Å². The molecule has 106 valence electrons. The molecule has 3 rings (SSSR count). The predicted molar refractivity (Wildman–Crippen MR) is 80.2 cm³/mol. The monoisotopic (exact) mass is 301 g/mol. The zero-order chi connectivity index (χ0) is 14.8. The molecule has 1 unspecified atom stereocenters. The summed E-state index contributed by atoms with van der Waals surface area (Å²) >= 11 is 5.32. The van der Waals surface area contributed by atoms with Crippen molar-refractivity contribution in [3.05, 3.63) is 71.5 Å². The fourth-order valence-corrected chi connectivity index (χ4v) is 2.55. The fraction of sp³-hybridized carbons (Fsp3) is 0.125. The van der Waals surface area contributed by atoms with Crippen LogP contribution in [0.15, 0.2) is 54.6 Å². The summed E-state index contributed by atoms with van der Waals surface area (Å²) in [7, 11) is 0. The summed E-state index contributed by atoms with van der Waals surface area (Å²) < 4.78 is 19.0. The first-order valence-electron chi connectivity index (χ1n) is 6.47. The molecule has 1 saturated heterocycles. The van der Waals surface area contributed by atoms with Gasteiger partial charge < -0.3 is 4.74 Å². The number of ether oxygens (including phenoxy) is 1. The number of benzene rings is 2. The van der Waals surface area contributed by atoms with E-state index < -0.39 is 12.2 Å². The second-order valence-electron chi connectivity index (χ2n) is 4.69. The van der Waals surface area contributed by atoms with E-state index in [1.54, 1.807) is 18.2 Å². The van der Waals surface area contributed by atoms with Gasteiger partial charge in [0.1, 0.15) is 10.8 Å². The first-order chi connectivity index (χ1) is 10.2. The zero-order valence-electron chi connectivity index (χ0n) is 11.0. The summed E-state index contributed by atoms with van der Waals surface area (Å²) in [5.41, 5.74) is 1.22. The number of thiocarbonyl (C=S) groups is 1. The van der Waals surface area contributed by atoms with E-state index in [0.29, 0.717) is 10.6 Å². The van der Waals surface area contributed by atoms with Crippen molar-refractivity contribution in [2.24, 2.45) is 0 Å². The minimum atomic E-state index is -0.583. The van der Waals surface area contributed by atoms with E-state index in [9.17, 15) is 9.18 Å². The maximum atomic E-state index is 13.7. The van der Waals surface area contributed by atoms with Gasteiger partial charge in [-0.1, -0.05) is 60.7 Å². The van der Waals surface area contributed by atoms with Gasteiger partial charge in [0.05, 0.1) is 6.54 Å². The van der Waals surface area contributed by atoms with E-state index >= 15 is 0 Å². The minimum absolute atomic E-state index is 0.0771. The van der Waals surface area contributed by atoms with Gasteiger partial charge in [-0.2, -0.15) is 0 Å². The molecule has 1 aliphatic rings. The second kappa shape index (κ2) is 5.61. The Balaban J connectivity index is 1.83. The Bertz CT molecular complexity index is 690. The molecule has 21 heavy (non-hydrogen) atoms. The van der Waals surface area contributed by atoms with E-state index in [1.807, 2.05) is 30.3 Å². The van der Waals surface area contributed by atoms with Crippen LogP contribution in [-0.4, -0.2) is 16.0 Å². The van der Waals surface area contributed by atoms with Crippen molar-refractivity contribution < 1.29 is 13.9 Å². The predicted octanol–water partition coefficient (Wildman–Crippen LogP) is 3.85. The molecule has 0 aromatic heterocycles. The van der Waals surface area contributed by atoms with Gasteiger partial charge in [0.25, 0.3) is 0 Å². The van der Waals surface area contributed by atoms with Gasteiger partial charge in [-0.15, -0.1) is 0 Å². The number of carbonyl (C=O) groups is 1. The normalized spacial score (nSPS) is 18.0. The van der Waals surface area contributed by atoms with Crippen molar-refractivity contribution in [1.29, 1.82) is 0 Å². The van der Waals surface area contributed by atoms with Crippen LogP contribution in [-0.2, 0) is 11.3 Å². The van der Waals surface area contributed by atoms with Crippen LogP contribution in [0.4, 0.5) is 9.18 Å². The highest BCUT2D eigenvalue weighted by molar-refractivity contribution is 7.80. The molecule has 1 aliphatic heterocycles. The number of hydrogen-bond donors (Lipinski definition) is 0. The molecule has 1 atom stereocenters. The van der Waals surface area contributed by atoms with E-state index in [4.69, 9.17) is 17.0 Å². The number of cyclic esters (lactones) is 1. The van der Waals surface area contributed by atoms with Crippen LogP contribution in [0, 0.1) is 5.82 Å². The summed E-state index contributed by atoms with van der Waals surface area (Å²) in [6, 6.07) is 15.6. The first-order valence-corrected chi connectivity index (χ1v) is 6.88. The molecule has 1 fully saturated rings.